The molecule has 6 heteroatoms. The number of nitrogens with zero attached hydrogens (tertiary/aromatic N) is 3. The minimum atomic E-state index is -0.0524. The second kappa shape index (κ2) is 6.64. The van der Waals surface area contributed by atoms with Crippen LogP contribution in [0.2, 0.25) is 0 Å². The van der Waals surface area contributed by atoms with Crippen LogP contribution < -0.4 is 19.9 Å². The number of anilines is 5. The van der Waals surface area contributed by atoms with Crippen LogP contribution in [0.1, 0.15) is 10.4 Å². The van der Waals surface area contributed by atoms with Crippen LogP contribution in [0, 0.1) is 0 Å². The molecule has 0 atom stereocenters. The van der Waals surface area contributed by atoms with Crippen molar-refractivity contribution in [3.05, 3.63) is 66.4 Å². The number of carbonyl (C=O) groups excluding carboxylic acids is 1. The monoisotopic (exact) mass is 360 g/mol. The van der Waals surface area contributed by atoms with E-state index in [0.717, 1.165) is 28.5 Å². The Hall–Kier alpha value is -3.54. The van der Waals surface area contributed by atoms with Crippen molar-refractivity contribution in [3.8, 4) is 5.75 Å². The number of rotatable bonds is 3. The minimum Gasteiger partial charge on any atom is -0.495 e. The molecule has 1 aromatic heterocycles. The SMILES string of the molecule is COc1ccccc1Nc1cc2c(cn1)N(C)C(=O)c1ccccc1N2C. The number of pyridine rings is 1. The minimum absolute atomic E-state index is 0.0524. The van der Waals surface area contributed by atoms with Gasteiger partial charge in [0.05, 0.1) is 41.6 Å². The zero-order valence-electron chi connectivity index (χ0n) is 15.4. The normalized spacial score (nSPS) is 12.9. The molecular weight excluding hydrogens is 340 g/mol. The van der Waals surface area contributed by atoms with E-state index >= 15 is 0 Å². The Bertz CT molecular complexity index is 1020. The average Bonchev–Trinajstić information content (AvgIpc) is 2.79. The highest BCUT2D eigenvalue weighted by Crippen LogP contribution is 2.40. The second-order valence-corrected chi connectivity index (χ2v) is 6.32. The van der Waals surface area contributed by atoms with Crippen molar-refractivity contribution in [1.82, 2.24) is 4.98 Å². The molecule has 0 saturated carbocycles. The molecule has 1 aliphatic rings. The number of benzene rings is 2. The maximum absolute atomic E-state index is 12.8. The first-order valence-electron chi connectivity index (χ1n) is 8.61. The van der Waals surface area contributed by atoms with Gasteiger partial charge in [0.2, 0.25) is 0 Å². The summed E-state index contributed by atoms with van der Waals surface area (Å²) in [7, 11) is 5.36. The molecule has 136 valence electrons. The summed E-state index contributed by atoms with van der Waals surface area (Å²) >= 11 is 0. The Morgan fingerprint density at radius 2 is 1.67 bits per heavy atom. The lowest BCUT2D eigenvalue weighted by Crippen LogP contribution is -2.25. The summed E-state index contributed by atoms with van der Waals surface area (Å²) in [6.45, 7) is 0. The molecule has 1 aliphatic heterocycles. The molecule has 3 aromatic rings. The van der Waals surface area contributed by atoms with Gasteiger partial charge in [-0.1, -0.05) is 24.3 Å². The third-order valence-electron chi connectivity index (χ3n) is 4.75. The van der Waals surface area contributed by atoms with Crippen molar-refractivity contribution < 1.29 is 9.53 Å². The first-order chi connectivity index (χ1) is 13.1. The third-order valence-corrected chi connectivity index (χ3v) is 4.75. The molecule has 1 N–H and O–H groups in total. The Morgan fingerprint density at radius 1 is 0.926 bits per heavy atom. The van der Waals surface area contributed by atoms with Crippen LogP contribution in [-0.4, -0.2) is 32.1 Å². The van der Waals surface area contributed by atoms with Crippen LogP contribution in [0.4, 0.5) is 28.6 Å². The molecule has 27 heavy (non-hydrogen) atoms. The number of carbonyl (C=O) groups is 1. The zero-order valence-corrected chi connectivity index (χ0v) is 15.4. The number of hydrogen-bond acceptors (Lipinski definition) is 5. The molecule has 0 radical (unpaired) electrons. The van der Waals surface area contributed by atoms with Gasteiger partial charge in [-0.3, -0.25) is 4.79 Å². The van der Waals surface area contributed by atoms with Gasteiger partial charge in [0, 0.05) is 20.2 Å². The molecule has 2 heterocycles. The Labute approximate surface area is 158 Å². The van der Waals surface area contributed by atoms with E-state index in [9.17, 15) is 4.79 Å². The topological polar surface area (TPSA) is 57.7 Å². The van der Waals surface area contributed by atoms with Gasteiger partial charge in [-0.05, 0) is 24.3 Å². The third kappa shape index (κ3) is 2.85. The summed E-state index contributed by atoms with van der Waals surface area (Å²) in [5.41, 5.74) is 4.00. The lowest BCUT2D eigenvalue weighted by molar-refractivity contribution is 0.0994. The summed E-state index contributed by atoms with van der Waals surface area (Å²) in [5.74, 6) is 1.36. The fraction of sp³-hybridized carbons (Fsp3) is 0.143. The van der Waals surface area contributed by atoms with Gasteiger partial charge in [-0.25, -0.2) is 4.98 Å². The Kier molecular flexibility index (Phi) is 4.16. The molecule has 0 spiro atoms. The predicted molar refractivity (Wildman–Crippen MR) is 108 cm³/mol. The number of amides is 1. The fourth-order valence-electron chi connectivity index (χ4n) is 3.29. The summed E-state index contributed by atoms with van der Waals surface area (Å²) in [6, 6.07) is 17.2. The molecule has 0 unspecified atom stereocenters. The van der Waals surface area contributed by atoms with E-state index in [-0.39, 0.29) is 5.91 Å². The average molecular weight is 360 g/mol. The van der Waals surface area contributed by atoms with E-state index in [1.54, 1.807) is 25.3 Å². The van der Waals surface area contributed by atoms with E-state index in [1.807, 2.05) is 66.5 Å². The predicted octanol–water partition coefficient (Wildman–Crippen LogP) is 4.19. The highest BCUT2D eigenvalue weighted by atomic mass is 16.5. The lowest BCUT2D eigenvalue weighted by Gasteiger charge is -2.23. The molecular formula is C21H20N4O2. The standard InChI is InChI=1S/C21H20N4O2/c1-24-16-10-6-4-8-14(16)21(26)25(2)18-13-22-20(12-17(18)24)23-15-9-5-7-11-19(15)27-3/h4-13H,1-3H3,(H,22,23). The molecule has 0 fully saturated rings. The second-order valence-electron chi connectivity index (χ2n) is 6.32. The highest BCUT2D eigenvalue weighted by molar-refractivity contribution is 6.13. The van der Waals surface area contributed by atoms with Crippen molar-refractivity contribution in [1.29, 1.82) is 0 Å². The van der Waals surface area contributed by atoms with Gasteiger partial charge < -0.3 is 19.9 Å². The quantitative estimate of drug-likeness (QED) is 0.759. The summed E-state index contributed by atoms with van der Waals surface area (Å²) < 4.78 is 5.40. The Balaban J connectivity index is 1.79. The van der Waals surface area contributed by atoms with Crippen LogP contribution in [0.25, 0.3) is 0 Å². The number of methoxy groups -OCH3 is 1. The van der Waals surface area contributed by atoms with Crippen LogP contribution in [0.15, 0.2) is 60.8 Å². The van der Waals surface area contributed by atoms with E-state index in [2.05, 4.69) is 10.3 Å². The largest absolute Gasteiger partial charge is 0.495 e. The first kappa shape index (κ1) is 16.9. The number of fused-ring (bicyclic) bond motifs is 2. The van der Waals surface area contributed by atoms with E-state index in [4.69, 9.17) is 4.74 Å². The summed E-state index contributed by atoms with van der Waals surface area (Å²) in [5, 5.41) is 3.30. The first-order valence-corrected chi connectivity index (χ1v) is 8.61. The van der Waals surface area contributed by atoms with Gasteiger partial charge in [0.25, 0.3) is 5.91 Å². The van der Waals surface area contributed by atoms with Crippen molar-refractivity contribution in [2.24, 2.45) is 0 Å². The van der Waals surface area contributed by atoms with E-state index < -0.39 is 0 Å². The van der Waals surface area contributed by atoms with Crippen LogP contribution in [-0.2, 0) is 0 Å². The zero-order chi connectivity index (χ0) is 19.0. The van der Waals surface area contributed by atoms with Gasteiger partial charge in [-0.2, -0.15) is 0 Å². The van der Waals surface area contributed by atoms with Crippen molar-refractivity contribution >= 4 is 34.5 Å². The summed E-state index contributed by atoms with van der Waals surface area (Å²) in [6.07, 6.45) is 1.72. The van der Waals surface area contributed by atoms with Crippen LogP contribution >= 0.6 is 0 Å². The lowest BCUT2D eigenvalue weighted by atomic mass is 10.1. The fourth-order valence-corrected chi connectivity index (χ4v) is 3.29. The van der Waals surface area contributed by atoms with Crippen molar-refractivity contribution in [2.45, 2.75) is 0 Å². The van der Waals surface area contributed by atoms with Crippen LogP contribution in [0.5, 0.6) is 5.75 Å². The number of ether oxygens (including phenoxy) is 1. The molecule has 4 rings (SSSR count). The number of hydrogen-bond donors (Lipinski definition) is 1. The van der Waals surface area contributed by atoms with E-state index in [1.165, 1.54) is 0 Å². The van der Waals surface area contributed by atoms with Gasteiger partial charge in [0.1, 0.15) is 11.6 Å². The number of para-hydroxylation sites is 3. The molecule has 0 bridgehead atoms. The van der Waals surface area contributed by atoms with Crippen LogP contribution in [0.3, 0.4) is 0 Å². The molecule has 6 nitrogen and oxygen atoms in total. The van der Waals surface area contributed by atoms with E-state index in [0.29, 0.717) is 11.4 Å². The molecule has 1 amide bonds. The van der Waals surface area contributed by atoms with Crippen molar-refractivity contribution in [2.75, 3.05) is 36.3 Å². The maximum Gasteiger partial charge on any atom is 0.260 e. The van der Waals surface area contributed by atoms with Gasteiger partial charge >= 0.3 is 0 Å². The molecule has 0 saturated heterocycles. The molecule has 0 aliphatic carbocycles. The smallest absolute Gasteiger partial charge is 0.260 e. The molecule has 2 aromatic carbocycles. The highest BCUT2D eigenvalue weighted by Gasteiger charge is 2.27. The summed E-state index contributed by atoms with van der Waals surface area (Å²) in [4.78, 5) is 21.0. The Morgan fingerprint density at radius 3 is 2.48 bits per heavy atom. The number of nitrogens with one attached hydrogen (secondary N) is 1. The van der Waals surface area contributed by atoms with Gasteiger partial charge in [-0.15, -0.1) is 0 Å². The van der Waals surface area contributed by atoms with Gasteiger partial charge in [0.15, 0.2) is 0 Å². The van der Waals surface area contributed by atoms with Crippen molar-refractivity contribution in [3.63, 3.8) is 0 Å². The maximum atomic E-state index is 12.8. The number of aromatic nitrogens is 1.